The summed E-state index contributed by atoms with van der Waals surface area (Å²) in [5, 5.41) is 30.4. The average molecular weight is 334 g/mol. The van der Waals surface area contributed by atoms with E-state index in [1.165, 1.54) is 25.3 Å². The number of amides is 1. The maximum atomic E-state index is 11.9. The molecule has 1 aromatic heterocycles. The number of H-pyrrole nitrogens is 2. The minimum absolute atomic E-state index is 0.106. The van der Waals surface area contributed by atoms with Crippen LogP contribution in [0.4, 0.5) is 5.82 Å². The number of aromatic hydroxyl groups is 2. The monoisotopic (exact) mass is 334 g/mol. The summed E-state index contributed by atoms with van der Waals surface area (Å²) in [6.45, 7) is 1.45. The van der Waals surface area contributed by atoms with Gasteiger partial charge in [-0.05, 0) is 19.1 Å². The van der Waals surface area contributed by atoms with Crippen LogP contribution in [-0.4, -0.2) is 43.6 Å². The van der Waals surface area contributed by atoms with Crippen LogP contribution >= 0.6 is 0 Å². The van der Waals surface area contributed by atoms with Crippen molar-refractivity contribution in [2.45, 2.75) is 13.0 Å². The number of nitrogens with zero attached hydrogens (tertiary/aromatic N) is 2. The topological polar surface area (TPSA) is 173 Å². The first-order valence-electron chi connectivity index (χ1n) is 6.67. The van der Waals surface area contributed by atoms with Crippen LogP contribution in [0.15, 0.2) is 32.9 Å². The van der Waals surface area contributed by atoms with Gasteiger partial charge >= 0.3 is 5.69 Å². The van der Waals surface area contributed by atoms with Gasteiger partial charge in [-0.2, -0.15) is 5.10 Å². The highest BCUT2D eigenvalue weighted by atomic mass is 16.3. The zero-order chi connectivity index (χ0) is 17.7. The van der Waals surface area contributed by atoms with E-state index in [2.05, 4.69) is 20.9 Å². The van der Waals surface area contributed by atoms with Crippen molar-refractivity contribution in [2.24, 2.45) is 5.10 Å². The first-order chi connectivity index (χ1) is 11.4. The molecular formula is C13H14N6O5. The molecule has 2 aromatic rings. The zero-order valence-corrected chi connectivity index (χ0v) is 12.4. The van der Waals surface area contributed by atoms with Gasteiger partial charge in [0.1, 0.15) is 17.5 Å². The Kier molecular flexibility index (Phi) is 4.94. The quantitative estimate of drug-likeness (QED) is 0.295. The van der Waals surface area contributed by atoms with Crippen LogP contribution < -0.4 is 22.0 Å². The number of hydrogen-bond acceptors (Lipinski definition) is 8. The molecule has 11 nitrogen and oxygen atoms in total. The first-order valence-corrected chi connectivity index (χ1v) is 6.67. The summed E-state index contributed by atoms with van der Waals surface area (Å²) in [6, 6.07) is 3.00. The number of phenols is 2. The second kappa shape index (κ2) is 7.09. The van der Waals surface area contributed by atoms with Gasteiger partial charge < -0.3 is 15.5 Å². The van der Waals surface area contributed by atoms with Crippen LogP contribution in [0.5, 0.6) is 11.5 Å². The molecule has 0 aliphatic carbocycles. The number of hydrogen-bond donors (Lipinski definition) is 6. The van der Waals surface area contributed by atoms with Gasteiger partial charge in [-0.25, -0.2) is 15.3 Å². The lowest BCUT2D eigenvalue weighted by molar-refractivity contribution is -0.121. The number of anilines is 1. The third-order valence-corrected chi connectivity index (χ3v) is 2.85. The number of aromatic amines is 2. The molecule has 1 unspecified atom stereocenters. The highest BCUT2D eigenvalue weighted by Crippen LogP contribution is 2.20. The van der Waals surface area contributed by atoms with Gasteiger partial charge in [0.05, 0.1) is 6.21 Å². The SMILES string of the molecule is CC(Nc1n[nH]c(=O)[nH]c1=O)C(=O)NN=Cc1ccc(O)cc1O. The summed E-state index contributed by atoms with van der Waals surface area (Å²) in [6.07, 6.45) is 1.18. The van der Waals surface area contributed by atoms with Crippen LogP contribution in [0.1, 0.15) is 12.5 Å². The molecule has 6 N–H and O–H groups in total. The first kappa shape index (κ1) is 16.7. The van der Waals surface area contributed by atoms with E-state index >= 15 is 0 Å². The largest absolute Gasteiger partial charge is 0.508 e. The Morgan fingerprint density at radius 3 is 2.79 bits per heavy atom. The molecule has 2 rings (SSSR count). The van der Waals surface area contributed by atoms with E-state index in [1.54, 1.807) is 0 Å². The summed E-state index contributed by atoms with van der Waals surface area (Å²) >= 11 is 0. The molecule has 0 aliphatic rings. The van der Waals surface area contributed by atoms with Crippen LogP contribution in [0.2, 0.25) is 0 Å². The molecule has 0 fully saturated rings. The van der Waals surface area contributed by atoms with Crippen molar-refractivity contribution in [3.63, 3.8) is 0 Å². The molecule has 0 bridgehead atoms. The Balaban J connectivity index is 1.97. The van der Waals surface area contributed by atoms with Gasteiger partial charge in [0, 0.05) is 11.6 Å². The highest BCUT2D eigenvalue weighted by Gasteiger charge is 2.14. The molecule has 0 saturated heterocycles. The summed E-state index contributed by atoms with van der Waals surface area (Å²) < 4.78 is 0. The van der Waals surface area contributed by atoms with Gasteiger partial charge in [-0.3, -0.25) is 14.6 Å². The van der Waals surface area contributed by atoms with Crippen molar-refractivity contribution in [3.8, 4) is 11.5 Å². The highest BCUT2D eigenvalue weighted by molar-refractivity contribution is 5.87. The molecule has 0 spiro atoms. The fourth-order valence-electron chi connectivity index (χ4n) is 1.62. The lowest BCUT2D eigenvalue weighted by Crippen LogP contribution is -2.38. The van der Waals surface area contributed by atoms with Crippen molar-refractivity contribution >= 4 is 17.9 Å². The van der Waals surface area contributed by atoms with Crippen LogP contribution in [0.3, 0.4) is 0 Å². The molecular weight excluding hydrogens is 320 g/mol. The molecule has 1 atom stereocenters. The summed E-state index contributed by atoms with van der Waals surface area (Å²) in [7, 11) is 0. The number of aromatic nitrogens is 3. The van der Waals surface area contributed by atoms with Crippen LogP contribution in [-0.2, 0) is 4.79 Å². The molecule has 1 heterocycles. The average Bonchev–Trinajstić information content (AvgIpc) is 2.52. The van der Waals surface area contributed by atoms with Gasteiger partial charge in [0.25, 0.3) is 11.5 Å². The smallest absolute Gasteiger partial charge is 0.342 e. The van der Waals surface area contributed by atoms with E-state index in [0.717, 1.165) is 6.07 Å². The second-order valence-corrected chi connectivity index (χ2v) is 4.70. The minimum atomic E-state index is -0.880. The number of hydrazone groups is 1. The van der Waals surface area contributed by atoms with E-state index in [9.17, 15) is 19.5 Å². The Morgan fingerprint density at radius 2 is 2.12 bits per heavy atom. The predicted octanol–water partition coefficient (Wildman–Crippen LogP) is -1.18. The van der Waals surface area contributed by atoms with E-state index < -0.39 is 23.2 Å². The van der Waals surface area contributed by atoms with Crippen molar-refractivity contribution in [3.05, 3.63) is 44.6 Å². The van der Waals surface area contributed by atoms with E-state index in [1.807, 2.05) is 10.1 Å². The van der Waals surface area contributed by atoms with Gasteiger partial charge in [0.2, 0.25) is 5.82 Å². The van der Waals surface area contributed by atoms with Gasteiger partial charge in [-0.1, -0.05) is 0 Å². The Labute approximate surface area is 134 Å². The number of carbonyl (C=O) groups is 1. The molecule has 11 heteroatoms. The molecule has 1 amide bonds. The Hall–Kier alpha value is -3.63. The second-order valence-electron chi connectivity index (χ2n) is 4.70. The third-order valence-electron chi connectivity index (χ3n) is 2.85. The van der Waals surface area contributed by atoms with Crippen molar-refractivity contribution in [1.82, 2.24) is 20.6 Å². The number of benzene rings is 1. The molecule has 0 aliphatic heterocycles. The number of phenolic OH excluding ortho intramolecular Hbond substituents is 2. The molecule has 0 saturated carbocycles. The molecule has 0 radical (unpaired) electrons. The van der Waals surface area contributed by atoms with E-state index in [0.29, 0.717) is 0 Å². The molecule has 1 aromatic carbocycles. The fraction of sp³-hybridized carbons (Fsp3) is 0.154. The minimum Gasteiger partial charge on any atom is -0.508 e. The maximum Gasteiger partial charge on any atom is 0.342 e. The Morgan fingerprint density at radius 1 is 1.38 bits per heavy atom. The summed E-state index contributed by atoms with van der Waals surface area (Å²) in [4.78, 5) is 36.1. The number of nitrogens with one attached hydrogen (secondary N) is 4. The summed E-state index contributed by atoms with van der Waals surface area (Å²) in [5.74, 6) is -1.12. The van der Waals surface area contributed by atoms with Crippen molar-refractivity contribution < 1.29 is 15.0 Å². The Bertz CT molecular complexity index is 887. The fourth-order valence-corrected chi connectivity index (χ4v) is 1.62. The van der Waals surface area contributed by atoms with Crippen LogP contribution in [0, 0.1) is 0 Å². The lowest BCUT2D eigenvalue weighted by atomic mass is 10.2. The lowest BCUT2D eigenvalue weighted by Gasteiger charge is -2.11. The third kappa shape index (κ3) is 4.19. The van der Waals surface area contributed by atoms with Gasteiger partial charge in [0.15, 0.2) is 0 Å². The van der Waals surface area contributed by atoms with E-state index in [-0.39, 0.29) is 22.9 Å². The molecule has 126 valence electrons. The normalized spacial score (nSPS) is 12.0. The van der Waals surface area contributed by atoms with E-state index in [4.69, 9.17) is 5.11 Å². The predicted molar refractivity (Wildman–Crippen MR) is 84.1 cm³/mol. The van der Waals surface area contributed by atoms with Crippen molar-refractivity contribution in [1.29, 1.82) is 0 Å². The summed E-state index contributed by atoms with van der Waals surface area (Å²) in [5.41, 5.74) is 0.960. The molecule has 24 heavy (non-hydrogen) atoms. The zero-order valence-electron chi connectivity index (χ0n) is 12.4. The van der Waals surface area contributed by atoms with Gasteiger partial charge in [-0.15, -0.1) is 5.10 Å². The number of carbonyl (C=O) groups excluding carboxylic acids is 1. The van der Waals surface area contributed by atoms with Crippen LogP contribution in [0.25, 0.3) is 0 Å². The van der Waals surface area contributed by atoms with Crippen molar-refractivity contribution in [2.75, 3.05) is 5.32 Å². The number of rotatable bonds is 5. The standard InChI is InChI=1S/C13H14N6O5/c1-6(15-10-12(23)16-13(24)19-17-10)11(22)18-14-5-7-2-3-8(20)4-9(7)21/h2-6,20-21H,1H3,(H,15,17)(H,18,22)(H2,16,19,23,24). The maximum absolute atomic E-state index is 11.9.